The van der Waals surface area contributed by atoms with E-state index in [2.05, 4.69) is 15.5 Å². The van der Waals surface area contributed by atoms with Crippen LogP contribution < -0.4 is 15.5 Å². The minimum atomic E-state index is -4.82. The number of benzene rings is 2. The molecule has 0 radical (unpaired) electrons. The van der Waals surface area contributed by atoms with Crippen molar-refractivity contribution in [3.8, 4) is 0 Å². The van der Waals surface area contributed by atoms with Gasteiger partial charge in [-0.2, -0.15) is 13.2 Å². The number of para-hydroxylation sites is 1. The molecule has 1 aliphatic heterocycles. The van der Waals surface area contributed by atoms with Crippen LogP contribution in [0.2, 0.25) is 0 Å². The van der Waals surface area contributed by atoms with E-state index >= 15 is 0 Å². The molecular weight excluding hydrogens is 350 g/mol. The Morgan fingerprint density at radius 2 is 1.85 bits per heavy atom. The highest BCUT2D eigenvalue weighted by Gasteiger charge is 2.34. The van der Waals surface area contributed by atoms with Crippen molar-refractivity contribution in [1.82, 2.24) is 5.32 Å². The van der Waals surface area contributed by atoms with Gasteiger partial charge in [-0.3, -0.25) is 0 Å². The Morgan fingerprint density at radius 3 is 2.54 bits per heavy atom. The standard InChI is InChI=1S/C18H17F4N3O/c19-16-7-6-12(10-15(16)18(20,21)22)23-17(26)24-13-8-9-25(11-13)14-4-2-1-3-5-14/h1-7,10,13H,8-9,11H2,(H2,23,24,26). The lowest BCUT2D eigenvalue weighted by Gasteiger charge is -2.19. The van der Waals surface area contributed by atoms with Gasteiger partial charge in [0.15, 0.2) is 0 Å². The molecule has 4 nitrogen and oxygen atoms in total. The quantitative estimate of drug-likeness (QED) is 0.797. The normalized spacial score (nSPS) is 17.2. The highest BCUT2D eigenvalue weighted by Crippen LogP contribution is 2.33. The largest absolute Gasteiger partial charge is 0.419 e. The number of urea groups is 1. The molecule has 2 N–H and O–H groups in total. The molecule has 1 fully saturated rings. The van der Waals surface area contributed by atoms with E-state index in [1.807, 2.05) is 30.3 Å². The van der Waals surface area contributed by atoms with E-state index < -0.39 is 23.6 Å². The molecule has 0 spiro atoms. The second kappa shape index (κ2) is 7.23. The topological polar surface area (TPSA) is 44.4 Å². The average Bonchev–Trinajstić information content (AvgIpc) is 3.05. The number of carbonyl (C=O) groups excluding carboxylic acids is 1. The molecule has 1 unspecified atom stereocenters. The Labute approximate surface area is 147 Å². The fraction of sp³-hybridized carbons (Fsp3) is 0.278. The monoisotopic (exact) mass is 367 g/mol. The highest BCUT2D eigenvalue weighted by molar-refractivity contribution is 5.89. The zero-order valence-corrected chi connectivity index (χ0v) is 13.7. The van der Waals surface area contributed by atoms with Crippen molar-refractivity contribution in [3.05, 3.63) is 59.9 Å². The van der Waals surface area contributed by atoms with Crippen LogP contribution in [0.5, 0.6) is 0 Å². The zero-order valence-electron chi connectivity index (χ0n) is 13.7. The minimum Gasteiger partial charge on any atom is -0.369 e. The summed E-state index contributed by atoms with van der Waals surface area (Å²) >= 11 is 0. The first-order valence-electron chi connectivity index (χ1n) is 8.07. The lowest BCUT2D eigenvalue weighted by Crippen LogP contribution is -2.39. The Morgan fingerprint density at radius 1 is 1.12 bits per heavy atom. The van der Waals surface area contributed by atoms with Crippen LogP contribution in [0.1, 0.15) is 12.0 Å². The molecule has 1 heterocycles. The number of carbonyl (C=O) groups is 1. The molecule has 0 bridgehead atoms. The molecule has 1 aliphatic rings. The maximum atomic E-state index is 13.3. The molecule has 0 aromatic heterocycles. The first-order valence-corrected chi connectivity index (χ1v) is 8.07. The van der Waals surface area contributed by atoms with Gasteiger partial charge in [0.1, 0.15) is 5.82 Å². The van der Waals surface area contributed by atoms with Crippen molar-refractivity contribution < 1.29 is 22.4 Å². The number of halogens is 4. The van der Waals surface area contributed by atoms with Gasteiger partial charge in [0.2, 0.25) is 0 Å². The highest BCUT2D eigenvalue weighted by atomic mass is 19.4. The Balaban J connectivity index is 1.58. The zero-order chi connectivity index (χ0) is 18.7. The van der Waals surface area contributed by atoms with Gasteiger partial charge < -0.3 is 15.5 Å². The van der Waals surface area contributed by atoms with Crippen molar-refractivity contribution in [2.24, 2.45) is 0 Å². The summed E-state index contributed by atoms with van der Waals surface area (Å²) in [5.74, 6) is -1.38. The number of hydrogen-bond acceptors (Lipinski definition) is 2. The molecule has 26 heavy (non-hydrogen) atoms. The molecule has 1 atom stereocenters. The van der Waals surface area contributed by atoms with Crippen LogP contribution in [0.3, 0.4) is 0 Å². The van der Waals surface area contributed by atoms with Crippen molar-refractivity contribution >= 4 is 17.4 Å². The SMILES string of the molecule is O=C(Nc1ccc(F)c(C(F)(F)F)c1)NC1CCN(c2ccccc2)C1. The van der Waals surface area contributed by atoms with Crippen molar-refractivity contribution in [1.29, 1.82) is 0 Å². The maximum absolute atomic E-state index is 13.3. The summed E-state index contributed by atoms with van der Waals surface area (Å²) < 4.78 is 51.5. The molecule has 0 saturated carbocycles. The summed E-state index contributed by atoms with van der Waals surface area (Å²) in [7, 11) is 0. The van der Waals surface area contributed by atoms with Crippen molar-refractivity contribution in [2.45, 2.75) is 18.6 Å². The molecule has 2 aromatic carbocycles. The third kappa shape index (κ3) is 4.25. The predicted octanol–water partition coefficient (Wildman–Crippen LogP) is 4.24. The van der Waals surface area contributed by atoms with Crippen LogP contribution in [-0.4, -0.2) is 25.2 Å². The summed E-state index contributed by atoms with van der Waals surface area (Å²) in [4.78, 5) is 14.2. The van der Waals surface area contributed by atoms with E-state index in [-0.39, 0.29) is 11.7 Å². The van der Waals surface area contributed by atoms with Crippen LogP contribution in [0.4, 0.5) is 33.7 Å². The maximum Gasteiger partial charge on any atom is 0.419 e. The Hall–Kier alpha value is -2.77. The summed E-state index contributed by atoms with van der Waals surface area (Å²) in [6, 6.07) is 11.3. The number of amides is 2. The number of nitrogens with one attached hydrogen (secondary N) is 2. The van der Waals surface area contributed by atoms with Crippen molar-refractivity contribution in [2.75, 3.05) is 23.3 Å². The molecule has 3 rings (SSSR count). The van der Waals surface area contributed by atoms with Gasteiger partial charge >= 0.3 is 12.2 Å². The van der Waals surface area contributed by atoms with Gasteiger partial charge in [-0.15, -0.1) is 0 Å². The fourth-order valence-electron chi connectivity index (χ4n) is 2.92. The lowest BCUT2D eigenvalue weighted by atomic mass is 10.2. The molecule has 1 saturated heterocycles. The number of hydrogen-bond donors (Lipinski definition) is 2. The van der Waals surface area contributed by atoms with Gasteiger partial charge in [-0.25, -0.2) is 9.18 Å². The number of alkyl halides is 3. The number of rotatable bonds is 3. The Bertz CT molecular complexity index is 780. The van der Waals surface area contributed by atoms with Crippen molar-refractivity contribution in [3.63, 3.8) is 0 Å². The van der Waals surface area contributed by atoms with E-state index in [9.17, 15) is 22.4 Å². The van der Waals surface area contributed by atoms with Crippen LogP contribution in [0, 0.1) is 5.82 Å². The fourth-order valence-corrected chi connectivity index (χ4v) is 2.92. The van der Waals surface area contributed by atoms with E-state index in [1.165, 1.54) is 0 Å². The van der Waals surface area contributed by atoms with Crippen LogP contribution in [0.15, 0.2) is 48.5 Å². The second-order valence-electron chi connectivity index (χ2n) is 6.06. The molecular formula is C18H17F4N3O. The summed E-state index contributed by atoms with van der Waals surface area (Å²) in [6.45, 7) is 1.37. The summed E-state index contributed by atoms with van der Waals surface area (Å²) in [5.41, 5.74) is -0.480. The molecule has 8 heteroatoms. The molecule has 138 valence electrons. The lowest BCUT2D eigenvalue weighted by molar-refractivity contribution is -0.139. The first kappa shape index (κ1) is 18.0. The van der Waals surface area contributed by atoms with E-state index in [0.717, 1.165) is 24.7 Å². The van der Waals surface area contributed by atoms with Gasteiger partial charge in [-0.1, -0.05) is 18.2 Å². The van der Waals surface area contributed by atoms with Crippen LogP contribution in [-0.2, 0) is 6.18 Å². The minimum absolute atomic E-state index is 0.117. The van der Waals surface area contributed by atoms with Crippen LogP contribution in [0.25, 0.3) is 0 Å². The summed E-state index contributed by atoms with van der Waals surface area (Å²) in [6.07, 6.45) is -4.10. The average molecular weight is 367 g/mol. The van der Waals surface area contributed by atoms with Gasteiger partial charge in [0, 0.05) is 30.5 Å². The third-order valence-electron chi connectivity index (χ3n) is 4.17. The molecule has 2 aromatic rings. The predicted molar refractivity (Wildman–Crippen MR) is 90.6 cm³/mol. The number of anilines is 2. The smallest absolute Gasteiger partial charge is 0.369 e. The molecule has 0 aliphatic carbocycles. The van der Waals surface area contributed by atoms with Crippen LogP contribution >= 0.6 is 0 Å². The molecule has 2 amide bonds. The van der Waals surface area contributed by atoms with Gasteiger partial charge in [0.25, 0.3) is 0 Å². The van der Waals surface area contributed by atoms with E-state index in [0.29, 0.717) is 18.7 Å². The van der Waals surface area contributed by atoms with Gasteiger partial charge in [0.05, 0.1) is 5.56 Å². The van der Waals surface area contributed by atoms with E-state index in [1.54, 1.807) is 0 Å². The van der Waals surface area contributed by atoms with E-state index in [4.69, 9.17) is 0 Å². The Kier molecular flexibility index (Phi) is 5.01. The second-order valence-corrected chi connectivity index (χ2v) is 6.06. The third-order valence-corrected chi connectivity index (χ3v) is 4.17. The first-order chi connectivity index (χ1) is 12.3. The number of nitrogens with zero attached hydrogens (tertiary/aromatic N) is 1. The van der Waals surface area contributed by atoms with Gasteiger partial charge in [-0.05, 0) is 36.8 Å². The summed E-state index contributed by atoms with van der Waals surface area (Å²) in [5, 5.41) is 5.06.